The summed E-state index contributed by atoms with van der Waals surface area (Å²) in [6, 6.07) is 15.1. The number of esters is 1. The number of hydrogen-bond acceptors (Lipinski definition) is 7. The zero-order valence-electron chi connectivity index (χ0n) is 20.8. The maximum Gasteiger partial charge on any atom is 0.341 e. The van der Waals surface area contributed by atoms with E-state index in [1.165, 1.54) is 33.8 Å². The van der Waals surface area contributed by atoms with Gasteiger partial charge in [0.1, 0.15) is 9.90 Å². The van der Waals surface area contributed by atoms with Crippen molar-refractivity contribution < 1.29 is 22.7 Å². The summed E-state index contributed by atoms with van der Waals surface area (Å²) in [7, 11) is -3.84. The van der Waals surface area contributed by atoms with Crippen molar-refractivity contribution in [1.82, 2.24) is 9.21 Å². The first kappa shape index (κ1) is 28.5. The number of nitrogens with zero attached hydrogens (tertiary/aromatic N) is 2. The van der Waals surface area contributed by atoms with Gasteiger partial charge in [0.15, 0.2) is 0 Å². The number of ether oxygens (including phenoxy) is 1. The van der Waals surface area contributed by atoms with E-state index in [1.54, 1.807) is 19.9 Å². The van der Waals surface area contributed by atoms with Gasteiger partial charge in [-0.3, -0.25) is 9.69 Å². The van der Waals surface area contributed by atoms with E-state index < -0.39 is 22.0 Å². The normalized spacial score (nSPS) is 15.7. The molecule has 202 valence electrons. The van der Waals surface area contributed by atoms with E-state index in [4.69, 9.17) is 27.9 Å². The van der Waals surface area contributed by atoms with E-state index in [0.717, 1.165) is 10.4 Å². The number of amides is 1. The first-order valence-corrected chi connectivity index (χ1v) is 15.0. The van der Waals surface area contributed by atoms with Crippen LogP contribution in [0.25, 0.3) is 10.4 Å². The van der Waals surface area contributed by atoms with Crippen LogP contribution in [0.15, 0.2) is 59.5 Å². The molecule has 3 aromatic rings. The number of nitrogens with one attached hydrogen (secondary N) is 1. The molecular formula is C26H27Cl2N3O5S2. The third-order valence-electron chi connectivity index (χ3n) is 6.23. The Morgan fingerprint density at radius 1 is 1.05 bits per heavy atom. The molecule has 0 radical (unpaired) electrons. The predicted octanol–water partition coefficient (Wildman–Crippen LogP) is 5.23. The van der Waals surface area contributed by atoms with Crippen molar-refractivity contribution in [2.75, 3.05) is 38.1 Å². The van der Waals surface area contributed by atoms with E-state index in [1.807, 2.05) is 35.2 Å². The molecule has 1 aromatic heterocycles. The van der Waals surface area contributed by atoms with Gasteiger partial charge in [-0.15, -0.1) is 11.3 Å². The molecule has 0 bridgehead atoms. The highest BCUT2D eigenvalue weighted by molar-refractivity contribution is 7.89. The molecule has 38 heavy (non-hydrogen) atoms. The number of carbonyl (C=O) groups excluding carboxylic acids is 2. The fourth-order valence-corrected chi connectivity index (χ4v) is 7.33. The van der Waals surface area contributed by atoms with Crippen molar-refractivity contribution in [2.45, 2.75) is 24.8 Å². The van der Waals surface area contributed by atoms with Crippen LogP contribution in [0.5, 0.6) is 0 Å². The van der Waals surface area contributed by atoms with Gasteiger partial charge in [0.25, 0.3) is 0 Å². The molecule has 4 rings (SSSR count). The average molecular weight is 597 g/mol. The van der Waals surface area contributed by atoms with E-state index in [0.29, 0.717) is 23.7 Å². The number of rotatable bonds is 8. The minimum absolute atomic E-state index is 0.0377. The molecule has 1 saturated heterocycles. The molecule has 0 aliphatic carbocycles. The van der Waals surface area contributed by atoms with Crippen LogP contribution in [-0.4, -0.2) is 68.3 Å². The van der Waals surface area contributed by atoms with Crippen LogP contribution in [0.1, 0.15) is 24.2 Å². The first-order valence-electron chi connectivity index (χ1n) is 12.0. The van der Waals surface area contributed by atoms with Gasteiger partial charge >= 0.3 is 5.97 Å². The van der Waals surface area contributed by atoms with Crippen LogP contribution in [0.2, 0.25) is 10.0 Å². The highest BCUT2D eigenvalue weighted by Gasteiger charge is 2.33. The predicted molar refractivity (Wildman–Crippen MR) is 151 cm³/mol. The molecule has 2 aromatic carbocycles. The Balaban J connectivity index is 1.45. The average Bonchev–Trinajstić information content (AvgIpc) is 3.34. The second-order valence-corrected chi connectivity index (χ2v) is 12.4. The van der Waals surface area contributed by atoms with Gasteiger partial charge in [-0.2, -0.15) is 4.31 Å². The third kappa shape index (κ3) is 6.22. The van der Waals surface area contributed by atoms with Gasteiger partial charge in [0.2, 0.25) is 15.9 Å². The fraction of sp³-hybridized carbons (Fsp3) is 0.308. The second-order valence-electron chi connectivity index (χ2n) is 8.62. The summed E-state index contributed by atoms with van der Waals surface area (Å²) in [4.78, 5) is 28.5. The van der Waals surface area contributed by atoms with Crippen molar-refractivity contribution >= 4 is 61.4 Å². The zero-order chi connectivity index (χ0) is 27.4. The smallest absolute Gasteiger partial charge is 0.341 e. The lowest BCUT2D eigenvalue weighted by atomic mass is 10.1. The van der Waals surface area contributed by atoms with Gasteiger partial charge in [-0.05, 0) is 43.7 Å². The molecule has 2 heterocycles. The maximum absolute atomic E-state index is 13.2. The number of hydrogen-bond donors (Lipinski definition) is 1. The Morgan fingerprint density at radius 2 is 1.74 bits per heavy atom. The Hall–Kier alpha value is -2.47. The molecule has 1 aliphatic heterocycles. The molecule has 0 spiro atoms. The zero-order valence-corrected chi connectivity index (χ0v) is 24.0. The molecule has 8 nitrogen and oxygen atoms in total. The summed E-state index contributed by atoms with van der Waals surface area (Å²) in [5.41, 5.74) is 1.22. The molecule has 12 heteroatoms. The van der Waals surface area contributed by atoms with Gasteiger partial charge < -0.3 is 10.1 Å². The minimum atomic E-state index is -3.84. The Labute approximate surface area is 236 Å². The van der Waals surface area contributed by atoms with Crippen molar-refractivity contribution in [3.05, 3.63) is 70.2 Å². The van der Waals surface area contributed by atoms with Crippen LogP contribution < -0.4 is 5.32 Å². The van der Waals surface area contributed by atoms with E-state index in [9.17, 15) is 18.0 Å². The van der Waals surface area contributed by atoms with Gasteiger partial charge in [0, 0.05) is 36.1 Å². The number of sulfonamides is 1. The van der Waals surface area contributed by atoms with Crippen LogP contribution >= 0.6 is 34.5 Å². The fourth-order valence-electron chi connectivity index (χ4n) is 4.12. The SMILES string of the molecule is CCOC(=O)c1cc(-c2ccccc2)sc1NC(=O)C(C)N1CCN(S(=O)(=O)c2cc(Cl)ccc2Cl)CC1. The standard InChI is InChI=1S/C26H27Cl2N3O5S2/c1-3-36-26(33)20-16-22(18-7-5-4-6-8-18)37-25(20)29-24(32)17(2)30-11-13-31(14-12-30)38(34,35)23-15-19(27)9-10-21(23)28/h4-10,15-17H,3,11-14H2,1-2H3,(H,29,32). The molecule has 1 atom stereocenters. The van der Waals surface area contributed by atoms with Crippen molar-refractivity contribution in [3.8, 4) is 10.4 Å². The molecule has 1 amide bonds. The first-order chi connectivity index (χ1) is 18.1. The summed E-state index contributed by atoms with van der Waals surface area (Å²) in [5.74, 6) is -0.807. The Bertz CT molecular complexity index is 1420. The lowest BCUT2D eigenvalue weighted by molar-refractivity contribution is -0.121. The largest absolute Gasteiger partial charge is 0.462 e. The number of piperazine rings is 1. The number of carbonyl (C=O) groups is 2. The monoisotopic (exact) mass is 595 g/mol. The van der Waals surface area contributed by atoms with Crippen LogP contribution in [-0.2, 0) is 19.6 Å². The van der Waals surface area contributed by atoms with E-state index in [2.05, 4.69) is 5.32 Å². The number of thiophene rings is 1. The highest BCUT2D eigenvalue weighted by Crippen LogP contribution is 2.36. The van der Waals surface area contributed by atoms with Crippen molar-refractivity contribution in [3.63, 3.8) is 0 Å². The molecular weight excluding hydrogens is 569 g/mol. The van der Waals surface area contributed by atoms with E-state index in [-0.39, 0.29) is 40.5 Å². The molecule has 1 unspecified atom stereocenters. The Morgan fingerprint density at radius 3 is 2.39 bits per heavy atom. The summed E-state index contributed by atoms with van der Waals surface area (Å²) >= 11 is 13.4. The van der Waals surface area contributed by atoms with Gasteiger partial charge in [-0.25, -0.2) is 13.2 Å². The molecule has 1 N–H and O–H groups in total. The number of halogens is 2. The van der Waals surface area contributed by atoms with Crippen molar-refractivity contribution in [1.29, 1.82) is 0 Å². The summed E-state index contributed by atoms with van der Waals surface area (Å²) in [5, 5.41) is 3.69. The van der Waals surface area contributed by atoms with Crippen LogP contribution in [0.3, 0.4) is 0 Å². The lowest BCUT2D eigenvalue weighted by Crippen LogP contribution is -2.53. The lowest BCUT2D eigenvalue weighted by Gasteiger charge is -2.36. The summed E-state index contributed by atoms with van der Waals surface area (Å²) < 4.78 is 32.8. The molecule has 0 saturated carbocycles. The Kier molecular flexibility index (Phi) is 9.12. The minimum Gasteiger partial charge on any atom is -0.462 e. The number of anilines is 1. The summed E-state index contributed by atoms with van der Waals surface area (Å²) in [6.45, 7) is 4.76. The number of benzene rings is 2. The topological polar surface area (TPSA) is 96.0 Å². The van der Waals surface area contributed by atoms with Crippen LogP contribution in [0, 0.1) is 0 Å². The van der Waals surface area contributed by atoms with E-state index >= 15 is 0 Å². The van der Waals surface area contributed by atoms with Crippen LogP contribution in [0.4, 0.5) is 5.00 Å². The third-order valence-corrected chi connectivity index (χ3v) is 9.95. The quantitative estimate of drug-likeness (QED) is 0.358. The molecule has 1 aliphatic rings. The van der Waals surface area contributed by atoms with Gasteiger partial charge in [-0.1, -0.05) is 53.5 Å². The van der Waals surface area contributed by atoms with Gasteiger partial charge in [0.05, 0.1) is 23.2 Å². The summed E-state index contributed by atoms with van der Waals surface area (Å²) in [6.07, 6.45) is 0. The van der Waals surface area contributed by atoms with Crippen molar-refractivity contribution in [2.24, 2.45) is 0 Å². The second kappa shape index (κ2) is 12.1. The maximum atomic E-state index is 13.2. The highest BCUT2D eigenvalue weighted by atomic mass is 35.5. The molecule has 1 fully saturated rings.